The first kappa shape index (κ1) is 13.2. The van der Waals surface area contributed by atoms with E-state index >= 15 is 0 Å². The van der Waals surface area contributed by atoms with Gasteiger partial charge in [0.15, 0.2) is 0 Å². The summed E-state index contributed by atoms with van der Waals surface area (Å²) < 4.78 is 13.9. The van der Waals surface area contributed by atoms with Crippen LogP contribution in [0, 0.1) is 11.2 Å². The van der Waals surface area contributed by atoms with Crippen LogP contribution in [0.1, 0.15) is 52.7 Å². The fraction of sp³-hybridized carbons (Fsp3) is 0.600. The van der Waals surface area contributed by atoms with Crippen LogP contribution in [-0.2, 0) is 11.8 Å². The predicted molar refractivity (Wildman–Crippen MR) is 68.3 cm³/mol. The van der Waals surface area contributed by atoms with Crippen molar-refractivity contribution in [2.45, 2.75) is 53.4 Å². The van der Waals surface area contributed by atoms with Gasteiger partial charge in [-0.25, -0.2) is 4.39 Å². The maximum atomic E-state index is 13.9. The molecule has 0 nitrogen and oxygen atoms in total. The van der Waals surface area contributed by atoms with Gasteiger partial charge in [-0.1, -0.05) is 53.7 Å². The molecule has 0 aliphatic carbocycles. The minimum Gasteiger partial charge on any atom is -0.207 e. The monoisotopic (exact) mass is 222 g/mol. The molecule has 0 radical (unpaired) electrons. The van der Waals surface area contributed by atoms with E-state index in [0.717, 1.165) is 17.5 Å². The van der Waals surface area contributed by atoms with E-state index in [-0.39, 0.29) is 16.6 Å². The average Bonchev–Trinajstić information content (AvgIpc) is 2.04. The van der Waals surface area contributed by atoms with Crippen LogP contribution in [0.3, 0.4) is 0 Å². The van der Waals surface area contributed by atoms with Crippen molar-refractivity contribution in [3.8, 4) is 0 Å². The molecule has 0 aromatic heterocycles. The van der Waals surface area contributed by atoms with Crippen LogP contribution in [0.25, 0.3) is 0 Å². The number of halogens is 1. The molecule has 0 aliphatic heterocycles. The molecule has 0 N–H and O–H groups in total. The van der Waals surface area contributed by atoms with Crippen molar-refractivity contribution in [1.29, 1.82) is 0 Å². The molecule has 0 saturated carbocycles. The molecule has 0 unspecified atom stereocenters. The molecule has 90 valence electrons. The van der Waals surface area contributed by atoms with Crippen LogP contribution in [0.15, 0.2) is 18.2 Å². The molecular formula is C15H23F. The molecule has 1 rings (SSSR count). The topological polar surface area (TPSA) is 0 Å². The Kier molecular flexibility index (Phi) is 3.47. The fourth-order valence-electron chi connectivity index (χ4n) is 1.73. The molecule has 0 spiro atoms. The van der Waals surface area contributed by atoms with E-state index in [1.807, 2.05) is 12.1 Å². The molecule has 16 heavy (non-hydrogen) atoms. The van der Waals surface area contributed by atoms with Crippen molar-refractivity contribution in [3.63, 3.8) is 0 Å². The van der Waals surface area contributed by atoms with Gasteiger partial charge >= 0.3 is 0 Å². The van der Waals surface area contributed by atoms with Crippen LogP contribution in [0.5, 0.6) is 0 Å². The number of hydrogen-bond acceptors (Lipinski definition) is 0. The molecular weight excluding hydrogens is 199 g/mol. The summed E-state index contributed by atoms with van der Waals surface area (Å²) in [5.74, 6) is -0.0673. The molecule has 0 heterocycles. The Bertz CT molecular complexity index is 364. The molecule has 0 fully saturated rings. The molecule has 0 saturated heterocycles. The molecule has 0 atom stereocenters. The summed E-state index contributed by atoms with van der Waals surface area (Å²) in [6.07, 6.45) is 0.781. The molecule has 1 heteroatoms. The van der Waals surface area contributed by atoms with Crippen LogP contribution >= 0.6 is 0 Å². The lowest BCUT2D eigenvalue weighted by atomic mass is 9.84. The highest BCUT2D eigenvalue weighted by atomic mass is 19.1. The lowest BCUT2D eigenvalue weighted by molar-refractivity contribution is 0.401. The normalized spacial score (nSPS) is 12.9. The molecule has 1 aromatic carbocycles. The smallest absolute Gasteiger partial charge is 0.126 e. The first-order valence-corrected chi connectivity index (χ1v) is 5.88. The van der Waals surface area contributed by atoms with Crippen molar-refractivity contribution < 1.29 is 4.39 Å². The predicted octanol–water partition coefficient (Wildman–Crippen LogP) is 4.71. The Hall–Kier alpha value is -0.850. The molecule has 1 aromatic rings. The lowest BCUT2D eigenvalue weighted by Gasteiger charge is -2.22. The van der Waals surface area contributed by atoms with Gasteiger partial charge in [-0.05, 0) is 34.4 Å². The van der Waals surface area contributed by atoms with Crippen molar-refractivity contribution in [3.05, 3.63) is 35.1 Å². The minimum absolute atomic E-state index is 0.0150. The summed E-state index contributed by atoms with van der Waals surface area (Å²) in [4.78, 5) is 0. The zero-order chi connectivity index (χ0) is 12.6. The van der Waals surface area contributed by atoms with Crippen molar-refractivity contribution in [1.82, 2.24) is 0 Å². The van der Waals surface area contributed by atoms with E-state index in [2.05, 4.69) is 41.5 Å². The van der Waals surface area contributed by atoms with Gasteiger partial charge in [0.1, 0.15) is 5.82 Å². The second kappa shape index (κ2) is 4.20. The van der Waals surface area contributed by atoms with Gasteiger partial charge in [-0.15, -0.1) is 0 Å². The van der Waals surface area contributed by atoms with E-state index < -0.39 is 0 Å². The third-order valence-corrected chi connectivity index (χ3v) is 2.64. The average molecular weight is 222 g/mol. The highest BCUT2D eigenvalue weighted by molar-refractivity contribution is 5.29. The van der Waals surface area contributed by atoms with Gasteiger partial charge in [-0.2, -0.15) is 0 Å². The van der Waals surface area contributed by atoms with Gasteiger partial charge in [0, 0.05) is 0 Å². The van der Waals surface area contributed by atoms with Crippen LogP contribution in [-0.4, -0.2) is 0 Å². The molecule has 0 amide bonds. The Balaban J connectivity index is 3.01. The summed E-state index contributed by atoms with van der Waals surface area (Å²) in [6.45, 7) is 12.7. The standard InChI is InChI=1S/C15H23F/c1-14(2,3)10-11-7-8-12(9-13(11)16)15(4,5)6/h7-9H,10H2,1-6H3. The van der Waals surface area contributed by atoms with Gasteiger partial charge < -0.3 is 0 Å². The minimum atomic E-state index is -0.0673. The maximum Gasteiger partial charge on any atom is 0.126 e. The van der Waals surface area contributed by atoms with E-state index in [9.17, 15) is 4.39 Å². The van der Waals surface area contributed by atoms with Gasteiger partial charge in [0.25, 0.3) is 0 Å². The summed E-state index contributed by atoms with van der Waals surface area (Å²) in [5, 5.41) is 0. The van der Waals surface area contributed by atoms with Gasteiger partial charge in [0.05, 0.1) is 0 Å². The van der Waals surface area contributed by atoms with Crippen LogP contribution in [0.4, 0.5) is 4.39 Å². The highest BCUT2D eigenvalue weighted by Crippen LogP contribution is 2.27. The zero-order valence-electron chi connectivity index (χ0n) is 11.3. The zero-order valence-corrected chi connectivity index (χ0v) is 11.3. The first-order chi connectivity index (χ1) is 7.09. The largest absolute Gasteiger partial charge is 0.207 e. The highest BCUT2D eigenvalue weighted by Gasteiger charge is 2.18. The van der Waals surface area contributed by atoms with E-state index in [4.69, 9.17) is 0 Å². The van der Waals surface area contributed by atoms with Crippen LogP contribution in [0.2, 0.25) is 0 Å². The molecule has 0 bridgehead atoms. The van der Waals surface area contributed by atoms with Gasteiger partial charge in [0.2, 0.25) is 0 Å². The van der Waals surface area contributed by atoms with E-state index in [1.54, 1.807) is 6.07 Å². The Morgan fingerprint density at radius 3 is 1.94 bits per heavy atom. The van der Waals surface area contributed by atoms with Crippen molar-refractivity contribution in [2.75, 3.05) is 0 Å². The summed E-state index contributed by atoms with van der Waals surface area (Å²) >= 11 is 0. The number of rotatable bonds is 1. The van der Waals surface area contributed by atoms with Crippen molar-refractivity contribution in [2.24, 2.45) is 5.41 Å². The second-order valence-electron chi connectivity index (χ2n) is 6.79. The summed E-state index contributed by atoms with van der Waals surface area (Å²) in [5.41, 5.74) is 2.02. The molecule has 0 aliphatic rings. The summed E-state index contributed by atoms with van der Waals surface area (Å²) in [7, 11) is 0. The third-order valence-electron chi connectivity index (χ3n) is 2.64. The second-order valence-corrected chi connectivity index (χ2v) is 6.79. The SMILES string of the molecule is CC(C)(C)Cc1ccc(C(C)(C)C)cc1F. The fourth-order valence-corrected chi connectivity index (χ4v) is 1.73. The van der Waals surface area contributed by atoms with Crippen molar-refractivity contribution >= 4 is 0 Å². The van der Waals surface area contributed by atoms with Crippen LogP contribution < -0.4 is 0 Å². The van der Waals surface area contributed by atoms with E-state index in [0.29, 0.717) is 0 Å². The quantitative estimate of drug-likeness (QED) is 0.645. The van der Waals surface area contributed by atoms with E-state index in [1.165, 1.54) is 0 Å². The third kappa shape index (κ3) is 3.62. The van der Waals surface area contributed by atoms with Gasteiger partial charge in [-0.3, -0.25) is 0 Å². The Morgan fingerprint density at radius 1 is 1.00 bits per heavy atom. The number of hydrogen-bond donors (Lipinski definition) is 0. The summed E-state index contributed by atoms with van der Waals surface area (Å²) in [6, 6.07) is 5.66. The Morgan fingerprint density at radius 2 is 1.56 bits per heavy atom. The first-order valence-electron chi connectivity index (χ1n) is 5.88. The lowest BCUT2D eigenvalue weighted by Crippen LogP contribution is -2.14. The number of benzene rings is 1. The Labute approximate surface area is 98.9 Å². The maximum absolute atomic E-state index is 13.9.